The molecule has 41 heavy (non-hydrogen) atoms. The van der Waals surface area contributed by atoms with Crippen LogP contribution in [0.1, 0.15) is 77.0 Å². The average molecular weight is 602 g/mol. The van der Waals surface area contributed by atoms with Crippen molar-refractivity contribution in [3.63, 3.8) is 0 Å². The van der Waals surface area contributed by atoms with Crippen LogP contribution >= 0.6 is 11.6 Å². The Kier molecular flexibility index (Phi) is 8.50. The Labute approximate surface area is 247 Å². The average Bonchev–Trinajstić information content (AvgIpc) is 3.66. The summed E-state index contributed by atoms with van der Waals surface area (Å²) >= 11 is 6.44. The number of piperidine rings is 1. The number of aromatic nitrogens is 4. The van der Waals surface area contributed by atoms with E-state index in [1.54, 1.807) is 27.1 Å². The van der Waals surface area contributed by atoms with E-state index in [0.717, 1.165) is 37.2 Å². The zero-order valence-corrected chi connectivity index (χ0v) is 26.2. The van der Waals surface area contributed by atoms with Crippen LogP contribution in [0.3, 0.4) is 0 Å². The number of benzene rings is 1. The van der Waals surface area contributed by atoms with Gasteiger partial charge in [-0.05, 0) is 90.1 Å². The van der Waals surface area contributed by atoms with E-state index in [0.29, 0.717) is 23.7 Å². The topological polar surface area (TPSA) is 114 Å². The smallest absolute Gasteiger partial charge is 0.229 e. The van der Waals surface area contributed by atoms with Crippen LogP contribution in [0.15, 0.2) is 29.6 Å². The van der Waals surface area contributed by atoms with Crippen LogP contribution in [-0.2, 0) is 16.9 Å². The third-order valence-corrected chi connectivity index (χ3v) is 10.0. The van der Waals surface area contributed by atoms with Crippen LogP contribution in [0.5, 0.6) is 5.75 Å². The predicted molar refractivity (Wildman–Crippen MR) is 162 cm³/mol. The summed E-state index contributed by atoms with van der Waals surface area (Å²) in [6, 6.07) is 5.13. The molecule has 0 bridgehead atoms. The molecule has 1 saturated heterocycles. The molecule has 1 aliphatic carbocycles. The van der Waals surface area contributed by atoms with E-state index in [1.807, 2.05) is 0 Å². The molecule has 2 fully saturated rings. The zero-order valence-electron chi connectivity index (χ0n) is 24.6. The van der Waals surface area contributed by atoms with Crippen molar-refractivity contribution in [2.45, 2.75) is 95.2 Å². The van der Waals surface area contributed by atoms with Gasteiger partial charge in [-0.1, -0.05) is 18.0 Å². The molecule has 0 radical (unpaired) electrons. The normalized spacial score (nSPS) is 18.2. The van der Waals surface area contributed by atoms with Crippen LogP contribution < -0.4 is 15.4 Å². The molecule has 2 aliphatic rings. The third-order valence-electron chi connectivity index (χ3n) is 7.68. The van der Waals surface area contributed by atoms with Crippen LogP contribution in [0.25, 0.3) is 0 Å². The Balaban J connectivity index is 1.46. The van der Waals surface area contributed by atoms with Crippen molar-refractivity contribution in [3.05, 3.63) is 40.7 Å². The fourth-order valence-corrected chi connectivity index (χ4v) is 6.52. The first-order valence-corrected chi connectivity index (χ1v) is 16.3. The van der Waals surface area contributed by atoms with Crippen LogP contribution in [-0.4, -0.2) is 57.0 Å². The molecule has 1 unspecified atom stereocenters. The maximum atomic E-state index is 12.9. The Morgan fingerprint density at radius 1 is 1.07 bits per heavy atom. The quantitative estimate of drug-likeness (QED) is 0.275. The zero-order chi connectivity index (χ0) is 29.5. The summed E-state index contributed by atoms with van der Waals surface area (Å²) in [5.74, 6) is 1.36. The van der Waals surface area contributed by atoms with Gasteiger partial charge in [0.05, 0.1) is 28.9 Å². The molecule has 2 aromatic heterocycles. The lowest BCUT2D eigenvalue weighted by atomic mass is 9.90. The minimum Gasteiger partial charge on any atom is -0.488 e. The largest absolute Gasteiger partial charge is 0.488 e. The Morgan fingerprint density at radius 3 is 2.51 bits per heavy atom. The van der Waals surface area contributed by atoms with Gasteiger partial charge in [-0.2, -0.15) is 10.1 Å². The summed E-state index contributed by atoms with van der Waals surface area (Å²) in [6.45, 7) is 11.0. The van der Waals surface area contributed by atoms with Crippen molar-refractivity contribution in [2.75, 3.05) is 17.2 Å². The van der Waals surface area contributed by atoms with E-state index in [2.05, 4.69) is 63.5 Å². The lowest BCUT2D eigenvalue weighted by Crippen LogP contribution is -2.38. The van der Waals surface area contributed by atoms with Gasteiger partial charge >= 0.3 is 0 Å². The molecule has 2 N–H and O–H groups in total. The number of ether oxygens (including phenoxy) is 1. The molecule has 5 rings (SSSR count). The van der Waals surface area contributed by atoms with Gasteiger partial charge in [0, 0.05) is 25.3 Å². The highest BCUT2D eigenvalue weighted by molar-refractivity contribution is 7.92. The summed E-state index contributed by atoms with van der Waals surface area (Å²) in [5.41, 5.74) is 3.56. The lowest BCUT2D eigenvalue weighted by Gasteiger charge is -2.39. The van der Waals surface area contributed by atoms with Crippen molar-refractivity contribution < 1.29 is 13.2 Å². The number of halogens is 1. The maximum Gasteiger partial charge on any atom is 0.229 e. The number of aryl methyl sites for hydroxylation is 2. The highest BCUT2D eigenvalue weighted by Crippen LogP contribution is 2.41. The molecule has 3 aromatic rings. The van der Waals surface area contributed by atoms with Gasteiger partial charge in [0.25, 0.3) is 0 Å². The molecule has 0 spiro atoms. The van der Waals surface area contributed by atoms with Crippen molar-refractivity contribution >= 4 is 44.6 Å². The molecule has 1 aromatic carbocycles. The molecule has 1 atom stereocenters. The molecule has 1 aliphatic heterocycles. The van der Waals surface area contributed by atoms with Gasteiger partial charge < -0.3 is 15.4 Å². The second kappa shape index (κ2) is 11.8. The second-order valence-corrected chi connectivity index (χ2v) is 14.4. The first kappa shape index (κ1) is 29.6. The van der Waals surface area contributed by atoms with E-state index in [4.69, 9.17) is 16.3 Å². The second-order valence-electron chi connectivity index (χ2n) is 11.6. The standard InChI is InChI=1S/C29H40ClN7O3S/c1-17(2)37-12-8-7-9-25(37)21-14-26(40-20-10-11-20)23(13-19(21)5)33-29-31-15-22(30)27(34-29)32-24-16-36(6)35-28(24)41(38,39)18(3)4/h13-18,20,25H,7-12H2,1-6H3,(H2,31,32,33,34). The summed E-state index contributed by atoms with van der Waals surface area (Å²) in [6.07, 6.45) is 8.96. The molecule has 0 amide bonds. The molecule has 3 heterocycles. The first-order valence-electron chi connectivity index (χ1n) is 14.3. The van der Waals surface area contributed by atoms with E-state index >= 15 is 0 Å². The Morgan fingerprint density at radius 2 is 1.83 bits per heavy atom. The Hall–Kier alpha value is -2.89. The van der Waals surface area contributed by atoms with Crippen molar-refractivity contribution in [1.82, 2.24) is 24.6 Å². The van der Waals surface area contributed by atoms with E-state index in [1.165, 1.54) is 34.8 Å². The molecular formula is C29H40ClN7O3S. The SMILES string of the molecule is Cc1cc(Nc2ncc(Cl)c(Nc3cn(C)nc3S(=O)(=O)C(C)C)n2)c(OC2CC2)cc1C1CCCCN1C(C)C. The maximum absolute atomic E-state index is 12.9. The minimum atomic E-state index is -3.63. The molecular weight excluding hydrogens is 562 g/mol. The van der Waals surface area contributed by atoms with Crippen molar-refractivity contribution in [1.29, 1.82) is 0 Å². The monoisotopic (exact) mass is 601 g/mol. The first-order chi connectivity index (χ1) is 19.4. The van der Waals surface area contributed by atoms with Gasteiger partial charge in [0.15, 0.2) is 5.82 Å². The van der Waals surface area contributed by atoms with Crippen LogP contribution in [0.4, 0.5) is 23.1 Å². The highest BCUT2D eigenvalue weighted by atomic mass is 35.5. The summed E-state index contributed by atoms with van der Waals surface area (Å²) in [4.78, 5) is 11.6. The van der Waals surface area contributed by atoms with Crippen molar-refractivity contribution in [3.8, 4) is 5.75 Å². The number of hydrogen-bond acceptors (Lipinski definition) is 9. The molecule has 10 nitrogen and oxygen atoms in total. The number of rotatable bonds is 10. The summed E-state index contributed by atoms with van der Waals surface area (Å²) < 4.78 is 33.6. The van der Waals surface area contributed by atoms with Gasteiger partial charge in [-0.25, -0.2) is 13.4 Å². The van der Waals surface area contributed by atoms with E-state index < -0.39 is 15.1 Å². The van der Waals surface area contributed by atoms with Crippen LogP contribution in [0.2, 0.25) is 5.02 Å². The van der Waals surface area contributed by atoms with E-state index in [9.17, 15) is 8.42 Å². The number of nitrogens with zero attached hydrogens (tertiary/aromatic N) is 5. The lowest BCUT2D eigenvalue weighted by molar-refractivity contribution is 0.111. The van der Waals surface area contributed by atoms with Gasteiger partial charge in [-0.3, -0.25) is 9.58 Å². The summed E-state index contributed by atoms with van der Waals surface area (Å²) in [7, 11) is -1.97. The van der Waals surface area contributed by atoms with Gasteiger partial charge in [-0.15, -0.1) is 0 Å². The number of anilines is 4. The number of nitrogens with one attached hydrogen (secondary N) is 2. The van der Waals surface area contributed by atoms with Crippen molar-refractivity contribution in [2.24, 2.45) is 7.05 Å². The molecule has 222 valence electrons. The van der Waals surface area contributed by atoms with Crippen LogP contribution in [0, 0.1) is 6.92 Å². The number of hydrogen-bond donors (Lipinski definition) is 2. The Bertz CT molecular complexity index is 1520. The molecule has 1 saturated carbocycles. The summed E-state index contributed by atoms with van der Waals surface area (Å²) in [5, 5.41) is 10.1. The fraction of sp³-hybridized carbons (Fsp3) is 0.552. The fourth-order valence-electron chi connectivity index (χ4n) is 5.28. The number of likely N-dealkylation sites (tertiary alicyclic amines) is 1. The van der Waals surface area contributed by atoms with Gasteiger partial charge in [0.2, 0.25) is 20.8 Å². The van der Waals surface area contributed by atoms with Gasteiger partial charge in [0.1, 0.15) is 10.8 Å². The predicted octanol–water partition coefficient (Wildman–Crippen LogP) is 6.32. The third kappa shape index (κ3) is 6.47. The minimum absolute atomic E-state index is 0.0522. The highest BCUT2D eigenvalue weighted by Gasteiger charge is 2.31. The number of sulfone groups is 1. The van der Waals surface area contributed by atoms with E-state index in [-0.39, 0.29) is 22.0 Å². The molecule has 12 heteroatoms.